The minimum absolute atomic E-state index is 0. The molecule has 0 spiro atoms. The summed E-state index contributed by atoms with van der Waals surface area (Å²) in [6.45, 7) is 3.88. The van der Waals surface area contributed by atoms with Gasteiger partial charge in [-0.3, -0.25) is 4.98 Å². The predicted octanol–water partition coefficient (Wildman–Crippen LogP) is 2.00. The van der Waals surface area contributed by atoms with Crippen LogP contribution in [-0.4, -0.2) is 21.2 Å². The normalized spacial score (nSPS) is 13.8. The second kappa shape index (κ2) is 5.75. The van der Waals surface area contributed by atoms with E-state index >= 15 is 0 Å². The average Bonchev–Trinajstić information content (AvgIpc) is 2.78. The van der Waals surface area contributed by atoms with Gasteiger partial charge in [-0.05, 0) is 19.1 Å². The molecule has 0 aliphatic rings. The van der Waals surface area contributed by atoms with Crippen molar-refractivity contribution < 1.29 is 4.52 Å². The summed E-state index contributed by atoms with van der Waals surface area (Å²) in [5.41, 5.74) is 6.67. The van der Waals surface area contributed by atoms with Gasteiger partial charge in [0.25, 0.3) is 0 Å². The highest BCUT2D eigenvalue weighted by Crippen LogP contribution is 2.20. The zero-order valence-corrected chi connectivity index (χ0v) is 10.5. The smallest absolute Gasteiger partial charge is 0.231 e. The molecule has 0 saturated heterocycles. The minimum Gasteiger partial charge on any atom is -0.339 e. The highest BCUT2D eigenvalue weighted by Gasteiger charge is 2.18. The van der Waals surface area contributed by atoms with Gasteiger partial charge >= 0.3 is 0 Å². The molecule has 6 heteroatoms. The average molecular weight is 255 g/mol. The molecule has 2 heterocycles. The summed E-state index contributed by atoms with van der Waals surface area (Å²) >= 11 is 0. The fourth-order valence-corrected chi connectivity index (χ4v) is 1.26. The van der Waals surface area contributed by atoms with E-state index < -0.39 is 0 Å². The molecule has 0 amide bonds. The van der Waals surface area contributed by atoms with Crippen molar-refractivity contribution >= 4 is 12.4 Å². The van der Waals surface area contributed by atoms with Crippen LogP contribution in [-0.2, 0) is 0 Å². The van der Waals surface area contributed by atoms with Gasteiger partial charge in [-0.1, -0.05) is 12.1 Å². The molecule has 0 fully saturated rings. The number of hydrogen-bond acceptors (Lipinski definition) is 5. The molecule has 0 aliphatic carbocycles. The van der Waals surface area contributed by atoms with Crippen LogP contribution in [0.25, 0.3) is 11.4 Å². The standard InChI is InChI=1S/C11H14N4O.ClH/c1-7(8(2)12)11-14-10(15-16-11)9-3-5-13-6-4-9;/h3-8H,12H2,1-2H3;1H. The molecule has 0 aliphatic heterocycles. The molecule has 92 valence electrons. The highest BCUT2D eigenvalue weighted by molar-refractivity contribution is 5.85. The summed E-state index contributed by atoms with van der Waals surface area (Å²) in [7, 11) is 0. The van der Waals surface area contributed by atoms with Gasteiger partial charge in [-0.25, -0.2) is 0 Å². The van der Waals surface area contributed by atoms with Gasteiger partial charge in [0.1, 0.15) is 0 Å². The lowest BCUT2D eigenvalue weighted by atomic mass is 10.1. The number of hydrogen-bond donors (Lipinski definition) is 1. The van der Waals surface area contributed by atoms with E-state index in [0.29, 0.717) is 11.7 Å². The lowest BCUT2D eigenvalue weighted by Gasteiger charge is -2.09. The summed E-state index contributed by atoms with van der Waals surface area (Å²) < 4.78 is 5.18. The van der Waals surface area contributed by atoms with Crippen LogP contribution in [0, 0.1) is 0 Å². The molecule has 17 heavy (non-hydrogen) atoms. The highest BCUT2D eigenvalue weighted by atomic mass is 35.5. The molecule has 2 aromatic heterocycles. The lowest BCUT2D eigenvalue weighted by Crippen LogP contribution is -2.22. The topological polar surface area (TPSA) is 77.8 Å². The number of nitrogens with two attached hydrogens (primary N) is 1. The van der Waals surface area contributed by atoms with E-state index in [2.05, 4.69) is 15.1 Å². The van der Waals surface area contributed by atoms with Crippen LogP contribution in [0.1, 0.15) is 25.7 Å². The van der Waals surface area contributed by atoms with Gasteiger partial charge in [0.15, 0.2) is 0 Å². The van der Waals surface area contributed by atoms with E-state index in [4.69, 9.17) is 10.3 Å². The van der Waals surface area contributed by atoms with Crippen LogP contribution in [0.2, 0.25) is 0 Å². The number of pyridine rings is 1. The van der Waals surface area contributed by atoms with Crippen molar-refractivity contribution in [3.8, 4) is 11.4 Å². The van der Waals surface area contributed by atoms with Gasteiger partial charge in [-0.15, -0.1) is 12.4 Å². The van der Waals surface area contributed by atoms with Crippen molar-refractivity contribution in [2.24, 2.45) is 5.73 Å². The van der Waals surface area contributed by atoms with Crippen molar-refractivity contribution in [2.75, 3.05) is 0 Å². The molecular formula is C11H15ClN4O. The number of nitrogens with zero attached hydrogens (tertiary/aromatic N) is 3. The molecule has 0 aromatic carbocycles. The molecule has 0 radical (unpaired) electrons. The third kappa shape index (κ3) is 3.01. The van der Waals surface area contributed by atoms with Crippen LogP contribution >= 0.6 is 12.4 Å². The van der Waals surface area contributed by atoms with E-state index in [1.807, 2.05) is 26.0 Å². The van der Waals surface area contributed by atoms with E-state index in [1.54, 1.807) is 12.4 Å². The minimum atomic E-state index is -0.00857. The molecule has 2 aromatic rings. The SMILES string of the molecule is CC(N)C(C)c1nc(-c2ccncc2)no1.Cl. The van der Waals surface area contributed by atoms with Gasteiger partial charge < -0.3 is 10.3 Å². The number of aromatic nitrogens is 3. The van der Waals surface area contributed by atoms with Crippen molar-refractivity contribution in [3.63, 3.8) is 0 Å². The van der Waals surface area contributed by atoms with Gasteiger partial charge in [0.05, 0.1) is 5.92 Å². The van der Waals surface area contributed by atoms with Gasteiger partial charge in [0, 0.05) is 24.0 Å². The van der Waals surface area contributed by atoms with E-state index in [1.165, 1.54) is 0 Å². The van der Waals surface area contributed by atoms with E-state index in [9.17, 15) is 0 Å². The fourth-order valence-electron chi connectivity index (χ4n) is 1.26. The summed E-state index contributed by atoms with van der Waals surface area (Å²) in [5, 5.41) is 3.92. The molecule has 5 nitrogen and oxygen atoms in total. The summed E-state index contributed by atoms with van der Waals surface area (Å²) in [6.07, 6.45) is 3.39. The number of rotatable bonds is 3. The largest absolute Gasteiger partial charge is 0.339 e. The third-order valence-corrected chi connectivity index (χ3v) is 2.56. The Morgan fingerprint density at radius 1 is 1.24 bits per heavy atom. The van der Waals surface area contributed by atoms with E-state index in [-0.39, 0.29) is 24.4 Å². The zero-order chi connectivity index (χ0) is 11.5. The number of halogens is 1. The van der Waals surface area contributed by atoms with Crippen LogP contribution in [0.4, 0.5) is 0 Å². The predicted molar refractivity (Wildman–Crippen MR) is 66.8 cm³/mol. The molecule has 0 saturated carbocycles. The van der Waals surface area contributed by atoms with Crippen molar-refractivity contribution in [2.45, 2.75) is 25.8 Å². The van der Waals surface area contributed by atoms with Crippen LogP contribution in [0.15, 0.2) is 29.0 Å². The second-order valence-electron chi connectivity index (χ2n) is 3.84. The Labute approximate surface area is 106 Å². The van der Waals surface area contributed by atoms with E-state index in [0.717, 1.165) is 5.56 Å². The molecule has 2 unspecified atom stereocenters. The van der Waals surface area contributed by atoms with Gasteiger partial charge in [-0.2, -0.15) is 4.98 Å². The first-order valence-corrected chi connectivity index (χ1v) is 5.18. The Hall–Kier alpha value is -1.46. The Kier molecular flexibility index (Phi) is 4.60. The first-order chi connectivity index (χ1) is 7.68. The van der Waals surface area contributed by atoms with Crippen LogP contribution in [0.3, 0.4) is 0 Å². The summed E-state index contributed by atoms with van der Waals surface area (Å²) in [5.74, 6) is 1.20. The van der Waals surface area contributed by atoms with Crippen LogP contribution < -0.4 is 5.73 Å². The molecule has 0 bridgehead atoms. The molecule has 2 atom stereocenters. The molecular weight excluding hydrogens is 240 g/mol. The summed E-state index contributed by atoms with van der Waals surface area (Å²) in [4.78, 5) is 8.25. The monoisotopic (exact) mass is 254 g/mol. The van der Waals surface area contributed by atoms with Crippen molar-refractivity contribution in [1.82, 2.24) is 15.1 Å². The zero-order valence-electron chi connectivity index (χ0n) is 9.70. The second-order valence-corrected chi connectivity index (χ2v) is 3.84. The Morgan fingerprint density at radius 3 is 2.47 bits per heavy atom. The quantitative estimate of drug-likeness (QED) is 0.906. The molecule has 2 rings (SSSR count). The van der Waals surface area contributed by atoms with Crippen LogP contribution in [0.5, 0.6) is 0 Å². The molecule has 2 N–H and O–H groups in total. The fraction of sp³-hybridized carbons (Fsp3) is 0.364. The Bertz CT molecular complexity index is 458. The Balaban J connectivity index is 0.00000144. The maximum Gasteiger partial charge on any atom is 0.231 e. The Morgan fingerprint density at radius 2 is 1.88 bits per heavy atom. The lowest BCUT2D eigenvalue weighted by molar-refractivity contribution is 0.347. The maximum absolute atomic E-state index is 5.78. The summed E-state index contributed by atoms with van der Waals surface area (Å²) in [6, 6.07) is 3.67. The first kappa shape index (κ1) is 13.6. The maximum atomic E-state index is 5.78. The van der Waals surface area contributed by atoms with Crippen molar-refractivity contribution in [1.29, 1.82) is 0 Å². The third-order valence-electron chi connectivity index (χ3n) is 2.56. The van der Waals surface area contributed by atoms with Crippen molar-refractivity contribution in [3.05, 3.63) is 30.4 Å². The first-order valence-electron chi connectivity index (χ1n) is 5.18. The van der Waals surface area contributed by atoms with Gasteiger partial charge in [0.2, 0.25) is 11.7 Å².